The molecule has 1 fully saturated rings. The van der Waals surface area contributed by atoms with Gasteiger partial charge in [0.2, 0.25) is 0 Å². The van der Waals surface area contributed by atoms with E-state index in [0.717, 1.165) is 19.3 Å². The zero-order chi connectivity index (χ0) is 15.9. The molecule has 2 amide bonds. The van der Waals surface area contributed by atoms with Crippen molar-refractivity contribution in [3.8, 4) is 0 Å². The SMILES string of the molecule is O=C(NCc1ccccc1[N+](=O)[O-])NCC1CCCC(O)C1. The monoisotopic (exact) mass is 307 g/mol. The Bertz CT molecular complexity index is 535. The number of carbonyl (C=O) groups excluding carboxylic acids is 1. The van der Waals surface area contributed by atoms with Crippen molar-refractivity contribution in [1.82, 2.24) is 10.6 Å². The molecule has 0 radical (unpaired) electrons. The van der Waals surface area contributed by atoms with Crippen molar-refractivity contribution in [2.45, 2.75) is 38.3 Å². The van der Waals surface area contributed by atoms with Crippen LogP contribution in [-0.4, -0.2) is 28.7 Å². The third-order valence-corrected chi connectivity index (χ3v) is 3.93. The number of nitro groups is 1. The first kappa shape index (κ1) is 16.2. The van der Waals surface area contributed by atoms with E-state index in [2.05, 4.69) is 10.6 Å². The maximum Gasteiger partial charge on any atom is 0.315 e. The first-order chi connectivity index (χ1) is 10.6. The Morgan fingerprint density at radius 2 is 2.09 bits per heavy atom. The second-order valence-electron chi connectivity index (χ2n) is 5.64. The third-order valence-electron chi connectivity index (χ3n) is 3.93. The molecule has 0 saturated heterocycles. The van der Waals surface area contributed by atoms with E-state index in [1.165, 1.54) is 6.07 Å². The number of nitrogens with zero attached hydrogens (tertiary/aromatic N) is 1. The van der Waals surface area contributed by atoms with Gasteiger partial charge in [0.15, 0.2) is 0 Å². The number of aliphatic hydroxyl groups excluding tert-OH is 1. The molecule has 2 unspecified atom stereocenters. The van der Waals surface area contributed by atoms with Crippen LogP contribution in [0.2, 0.25) is 0 Å². The van der Waals surface area contributed by atoms with Gasteiger partial charge in [-0.15, -0.1) is 0 Å². The Labute approximate surface area is 128 Å². The second kappa shape index (κ2) is 7.74. The third kappa shape index (κ3) is 4.70. The van der Waals surface area contributed by atoms with Gasteiger partial charge in [0.05, 0.1) is 17.6 Å². The fraction of sp³-hybridized carbons (Fsp3) is 0.533. The Morgan fingerprint density at radius 3 is 2.82 bits per heavy atom. The van der Waals surface area contributed by atoms with Gasteiger partial charge in [-0.1, -0.05) is 24.6 Å². The van der Waals surface area contributed by atoms with Gasteiger partial charge in [-0.05, 0) is 25.2 Å². The fourth-order valence-corrected chi connectivity index (χ4v) is 2.76. The van der Waals surface area contributed by atoms with Gasteiger partial charge < -0.3 is 15.7 Å². The Morgan fingerprint density at radius 1 is 1.32 bits per heavy atom. The highest BCUT2D eigenvalue weighted by atomic mass is 16.6. The molecule has 7 nitrogen and oxygen atoms in total. The normalized spacial score (nSPS) is 21.1. The predicted octanol–water partition coefficient (Wildman–Crippen LogP) is 1.95. The summed E-state index contributed by atoms with van der Waals surface area (Å²) in [6.45, 7) is 0.621. The van der Waals surface area contributed by atoms with Crippen molar-refractivity contribution < 1.29 is 14.8 Å². The van der Waals surface area contributed by atoms with Crippen LogP contribution in [0.3, 0.4) is 0 Å². The maximum absolute atomic E-state index is 11.8. The molecular weight excluding hydrogens is 286 g/mol. The molecule has 0 bridgehead atoms. The van der Waals surface area contributed by atoms with Crippen LogP contribution in [0.25, 0.3) is 0 Å². The molecular formula is C15H21N3O4. The molecule has 0 heterocycles. The number of rotatable bonds is 5. The van der Waals surface area contributed by atoms with Crippen LogP contribution in [0.5, 0.6) is 0 Å². The summed E-state index contributed by atoms with van der Waals surface area (Å²) in [5.74, 6) is 0.292. The quantitative estimate of drug-likeness (QED) is 0.571. The van der Waals surface area contributed by atoms with E-state index in [1.54, 1.807) is 18.2 Å². The molecule has 120 valence electrons. The van der Waals surface area contributed by atoms with Crippen molar-refractivity contribution in [3.63, 3.8) is 0 Å². The minimum absolute atomic E-state index is 0.00166. The number of hydrogen-bond donors (Lipinski definition) is 3. The van der Waals surface area contributed by atoms with E-state index in [1.807, 2.05) is 0 Å². The number of amides is 2. The molecule has 0 aliphatic heterocycles. The zero-order valence-corrected chi connectivity index (χ0v) is 12.3. The summed E-state index contributed by atoms with van der Waals surface area (Å²) in [7, 11) is 0. The summed E-state index contributed by atoms with van der Waals surface area (Å²) in [6.07, 6.45) is 3.26. The minimum Gasteiger partial charge on any atom is -0.393 e. The van der Waals surface area contributed by atoms with Crippen LogP contribution in [-0.2, 0) is 6.54 Å². The van der Waals surface area contributed by atoms with Gasteiger partial charge in [-0.2, -0.15) is 0 Å². The molecule has 1 aromatic carbocycles. The number of urea groups is 1. The van der Waals surface area contributed by atoms with Crippen molar-refractivity contribution in [1.29, 1.82) is 0 Å². The predicted molar refractivity (Wildman–Crippen MR) is 81.3 cm³/mol. The first-order valence-electron chi connectivity index (χ1n) is 7.48. The highest BCUT2D eigenvalue weighted by molar-refractivity contribution is 5.73. The standard InChI is InChI=1S/C15H21N3O4/c19-13-6-3-4-11(8-13)9-16-15(20)17-10-12-5-1-2-7-14(12)18(21)22/h1-2,5,7,11,13,19H,3-4,6,8-10H2,(H2,16,17,20). The lowest BCUT2D eigenvalue weighted by Crippen LogP contribution is -2.39. The van der Waals surface area contributed by atoms with Crippen molar-refractivity contribution in [2.24, 2.45) is 5.92 Å². The number of para-hydroxylation sites is 1. The van der Waals surface area contributed by atoms with Gasteiger partial charge in [0.1, 0.15) is 0 Å². The largest absolute Gasteiger partial charge is 0.393 e. The summed E-state index contributed by atoms with van der Waals surface area (Å²) in [4.78, 5) is 22.2. The van der Waals surface area contributed by atoms with Crippen LogP contribution in [0.4, 0.5) is 10.5 Å². The lowest BCUT2D eigenvalue weighted by molar-refractivity contribution is -0.385. The van der Waals surface area contributed by atoms with E-state index in [-0.39, 0.29) is 24.4 Å². The topological polar surface area (TPSA) is 104 Å². The van der Waals surface area contributed by atoms with Gasteiger partial charge in [-0.25, -0.2) is 4.79 Å². The lowest BCUT2D eigenvalue weighted by atomic mass is 9.87. The molecule has 3 N–H and O–H groups in total. The van der Waals surface area contributed by atoms with Gasteiger partial charge >= 0.3 is 6.03 Å². The Kier molecular flexibility index (Phi) is 5.71. The number of nitro benzene ring substituents is 1. The van der Waals surface area contributed by atoms with Crippen molar-refractivity contribution in [3.05, 3.63) is 39.9 Å². The zero-order valence-electron chi connectivity index (χ0n) is 12.3. The molecule has 7 heteroatoms. The number of hydrogen-bond acceptors (Lipinski definition) is 4. The van der Waals surface area contributed by atoms with E-state index < -0.39 is 4.92 Å². The molecule has 2 rings (SSSR count). The smallest absolute Gasteiger partial charge is 0.315 e. The molecule has 0 aromatic heterocycles. The van der Waals surface area contributed by atoms with E-state index >= 15 is 0 Å². The van der Waals surface area contributed by atoms with Crippen LogP contribution >= 0.6 is 0 Å². The van der Waals surface area contributed by atoms with Gasteiger partial charge in [0.25, 0.3) is 5.69 Å². The molecule has 0 spiro atoms. The van der Waals surface area contributed by atoms with Crippen LogP contribution in [0.15, 0.2) is 24.3 Å². The first-order valence-corrected chi connectivity index (χ1v) is 7.48. The molecule has 1 saturated carbocycles. The number of aliphatic hydroxyl groups is 1. The van der Waals surface area contributed by atoms with E-state index in [0.29, 0.717) is 24.4 Å². The molecule has 22 heavy (non-hydrogen) atoms. The van der Waals surface area contributed by atoms with E-state index in [9.17, 15) is 20.0 Å². The highest BCUT2D eigenvalue weighted by Crippen LogP contribution is 2.23. The number of carbonyl (C=O) groups is 1. The second-order valence-corrected chi connectivity index (χ2v) is 5.64. The summed E-state index contributed by atoms with van der Waals surface area (Å²) >= 11 is 0. The van der Waals surface area contributed by atoms with Crippen LogP contribution < -0.4 is 10.6 Å². The Hall–Kier alpha value is -2.15. The summed E-state index contributed by atoms with van der Waals surface area (Å²) in [6, 6.07) is 5.98. The average Bonchev–Trinajstić information content (AvgIpc) is 2.51. The van der Waals surface area contributed by atoms with Crippen LogP contribution in [0, 0.1) is 16.0 Å². The van der Waals surface area contributed by atoms with Gasteiger partial charge in [-0.3, -0.25) is 10.1 Å². The molecule has 1 aliphatic rings. The maximum atomic E-state index is 11.8. The summed E-state index contributed by atoms with van der Waals surface area (Å²) < 4.78 is 0. The summed E-state index contributed by atoms with van der Waals surface area (Å²) in [5.41, 5.74) is 0.467. The number of nitrogens with one attached hydrogen (secondary N) is 2. The number of benzene rings is 1. The van der Waals surface area contributed by atoms with Crippen molar-refractivity contribution >= 4 is 11.7 Å². The molecule has 2 atom stereocenters. The molecule has 1 aliphatic carbocycles. The summed E-state index contributed by atoms with van der Waals surface area (Å²) in [5, 5.41) is 25.9. The van der Waals surface area contributed by atoms with Gasteiger partial charge in [0, 0.05) is 18.2 Å². The Balaban J connectivity index is 1.77. The van der Waals surface area contributed by atoms with Crippen molar-refractivity contribution in [2.75, 3.05) is 6.54 Å². The molecule has 1 aromatic rings. The fourth-order valence-electron chi connectivity index (χ4n) is 2.76. The minimum atomic E-state index is -0.460. The lowest BCUT2D eigenvalue weighted by Gasteiger charge is -2.25. The average molecular weight is 307 g/mol. The van der Waals surface area contributed by atoms with E-state index in [4.69, 9.17) is 0 Å². The highest BCUT2D eigenvalue weighted by Gasteiger charge is 2.20. The van der Waals surface area contributed by atoms with Crippen LogP contribution in [0.1, 0.15) is 31.2 Å².